The average molecular weight is 484 g/mol. The summed E-state index contributed by atoms with van der Waals surface area (Å²) in [5, 5.41) is 8.29. The summed E-state index contributed by atoms with van der Waals surface area (Å²) in [7, 11) is 2.44. The lowest BCUT2D eigenvalue weighted by atomic mass is 10.1. The van der Waals surface area contributed by atoms with Gasteiger partial charge in [0.1, 0.15) is 6.04 Å². The Hall–Kier alpha value is -2.58. The number of ether oxygens (including phenoxy) is 2. The number of hydrogen-bond donors (Lipinski definition) is 3. The summed E-state index contributed by atoms with van der Waals surface area (Å²) in [6.07, 6.45) is 15.5. The highest BCUT2D eigenvalue weighted by molar-refractivity contribution is 5.88. The monoisotopic (exact) mass is 483 g/mol. The van der Waals surface area contributed by atoms with Crippen LogP contribution in [-0.4, -0.2) is 57.2 Å². The SMILES string of the molecule is CCCCCNC(=O)NCCCCC=CCCCCCCC(=O)NC(CC(=O)OC)C(=O)OC. The number of methoxy groups -OCH3 is 2. The molecule has 9 heteroatoms. The van der Waals surface area contributed by atoms with E-state index in [1.807, 2.05) is 0 Å². The topological polar surface area (TPSA) is 123 Å². The van der Waals surface area contributed by atoms with Crippen molar-refractivity contribution in [3.05, 3.63) is 12.2 Å². The van der Waals surface area contributed by atoms with Gasteiger partial charge in [0, 0.05) is 19.5 Å². The minimum atomic E-state index is -1.02. The number of esters is 2. The second kappa shape index (κ2) is 22.2. The molecule has 0 aliphatic rings. The molecular formula is C25H45N3O6. The molecule has 0 aromatic carbocycles. The molecule has 0 radical (unpaired) electrons. The Kier molecular flexibility index (Phi) is 20.5. The van der Waals surface area contributed by atoms with Crippen molar-refractivity contribution < 1.29 is 28.7 Å². The highest BCUT2D eigenvalue weighted by atomic mass is 16.5. The summed E-state index contributed by atoms with van der Waals surface area (Å²) in [6, 6.07) is -1.09. The van der Waals surface area contributed by atoms with Crippen LogP contribution in [0.1, 0.15) is 90.4 Å². The molecule has 0 bridgehead atoms. The van der Waals surface area contributed by atoms with Crippen LogP contribution in [0.4, 0.5) is 4.79 Å². The van der Waals surface area contributed by atoms with Gasteiger partial charge in [-0.25, -0.2) is 9.59 Å². The molecule has 0 fully saturated rings. The molecular weight excluding hydrogens is 438 g/mol. The number of carbonyl (C=O) groups excluding carboxylic acids is 4. The van der Waals surface area contributed by atoms with Crippen molar-refractivity contribution in [3.8, 4) is 0 Å². The first-order valence-corrected chi connectivity index (χ1v) is 12.5. The van der Waals surface area contributed by atoms with Crippen molar-refractivity contribution in [3.63, 3.8) is 0 Å². The highest BCUT2D eigenvalue weighted by Gasteiger charge is 2.24. The Morgan fingerprint density at radius 3 is 1.94 bits per heavy atom. The van der Waals surface area contributed by atoms with Crippen LogP contribution < -0.4 is 16.0 Å². The number of rotatable bonds is 20. The van der Waals surface area contributed by atoms with Crippen LogP contribution in [0, 0.1) is 0 Å². The molecule has 1 atom stereocenters. The van der Waals surface area contributed by atoms with Gasteiger partial charge in [-0.1, -0.05) is 44.8 Å². The molecule has 196 valence electrons. The zero-order valence-corrected chi connectivity index (χ0v) is 21.3. The van der Waals surface area contributed by atoms with E-state index in [1.54, 1.807) is 0 Å². The zero-order valence-electron chi connectivity index (χ0n) is 21.3. The molecule has 3 amide bonds. The van der Waals surface area contributed by atoms with E-state index in [-0.39, 0.29) is 18.4 Å². The lowest BCUT2D eigenvalue weighted by molar-refractivity contribution is -0.150. The number of unbranched alkanes of at least 4 members (excludes halogenated alkanes) is 8. The molecule has 0 aromatic heterocycles. The lowest BCUT2D eigenvalue weighted by Gasteiger charge is -2.15. The van der Waals surface area contributed by atoms with Gasteiger partial charge < -0.3 is 25.4 Å². The van der Waals surface area contributed by atoms with Crippen LogP contribution in [0.25, 0.3) is 0 Å². The molecule has 0 aliphatic heterocycles. The summed E-state index contributed by atoms with van der Waals surface area (Å²) in [5.74, 6) is -1.52. The number of nitrogens with one attached hydrogen (secondary N) is 3. The van der Waals surface area contributed by atoms with Crippen LogP contribution in [0.2, 0.25) is 0 Å². The van der Waals surface area contributed by atoms with E-state index in [0.29, 0.717) is 13.0 Å². The highest BCUT2D eigenvalue weighted by Crippen LogP contribution is 2.08. The van der Waals surface area contributed by atoms with Gasteiger partial charge >= 0.3 is 18.0 Å². The minimum Gasteiger partial charge on any atom is -0.469 e. The molecule has 0 spiro atoms. The van der Waals surface area contributed by atoms with E-state index in [1.165, 1.54) is 14.2 Å². The Balaban J connectivity index is 3.66. The van der Waals surface area contributed by atoms with Crippen molar-refractivity contribution in [1.29, 1.82) is 0 Å². The standard InChI is InChI=1S/C25H45N3O6/c1-4-5-15-18-26-25(32)27-19-16-13-11-9-7-6-8-10-12-14-17-22(29)28-21(24(31)34-3)20-23(30)33-2/h7,9,21H,4-6,8,10-20H2,1-3H3,(H,28,29)(H2,26,27,32). The van der Waals surface area contributed by atoms with E-state index in [2.05, 4.69) is 44.5 Å². The molecule has 0 heterocycles. The van der Waals surface area contributed by atoms with E-state index < -0.39 is 18.0 Å². The molecule has 34 heavy (non-hydrogen) atoms. The van der Waals surface area contributed by atoms with E-state index >= 15 is 0 Å². The Bertz CT molecular complexity index is 609. The zero-order chi connectivity index (χ0) is 25.4. The Morgan fingerprint density at radius 2 is 1.35 bits per heavy atom. The van der Waals surface area contributed by atoms with Gasteiger partial charge in [-0.15, -0.1) is 0 Å². The smallest absolute Gasteiger partial charge is 0.328 e. The molecule has 0 aliphatic carbocycles. The lowest BCUT2D eigenvalue weighted by Crippen LogP contribution is -2.43. The largest absolute Gasteiger partial charge is 0.469 e. The number of carbonyl (C=O) groups is 4. The summed E-state index contributed by atoms with van der Waals surface area (Å²) in [6.45, 7) is 3.58. The van der Waals surface area contributed by atoms with Gasteiger partial charge in [-0.3, -0.25) is 9.59 Å². The maximum Gasteiger partial charge on any atom is 0.328 e. The third-order valence-corrected chi connectivity index (χ3v) is 5.26. The second-order valence-electron chi connectivity index (χ2n) is 8.23. The molecule has 9 nitrogen and oxygen atoms in total. The third-order valence-electron chi connectivity index (χ3n) is 5.26. The van der Waals surface area contributed by atoms with Gasteiger partial charge in [-0.2, -0.15) is 0 Å². The minimum absolute atomic E-state index is 0.0754. The summed E-state index contributed by atoms with van der Waals surface area (Å²) in [5.41, 5.74) is 0. The fourth-order valence-corrected chi connectivity index (χ4v) is 3.22. The van der Waals surface area contributed by atoms with E-state index in [9.17, 15) is 19.2 Å². The van der Waals surface area contributed by atoms with Gasteiger partial charge in [-0.05, 0) is 44.9 Å². The molecule has 0 saturated carbocycles. The van der Waals surface area contributed by atoms with Gasteiger partial charge in [0.25, 0.3) is 0 Å². The van der Waals surface area contributed by atoms with E-state index in [4.69, 9.17) is 0 Å². The number of hydrogen-bond acceptors (Lipinski definition) is 6. The molecule has 1 unspecified atom stereocenters. The van der Waals surface area contributed by atoms with Crippen molar-refractivity contribution in [2.24, 2.45) is 0 Å². The maximum atomic E-state index is 12.0. The van der Waals surface area contributed by atoms with Gasteiger partial charge in [0.15, 0.2) is 0 Å². The fraction of sp³-hybridized carbons (Fsp3) is 0.760. The van der Waals surface area contributed by atoms with Crippen LogP contribution in [0.15, 0.2) is 12.2 Å². The normalized spacial score (nSPS) is 11.6. The van der Waals surface area contributed by atoms with Crippen molar-refractivity contribution in [1.82, 2.24) is 16.0 Å². The predicted molar refractivity (Wildman–Crippen MR) is 132 cm³/mol. The summed E-state index contributed by atoms with van der Waals surface area (Å²) < 4.78 is 9.16. The van der Waals surface area contributed by atoms with Crippen LogP contribution in [-0.2, 0) is 23.9 Å². The first-order chi connectivity index (χ1) is 16.4. The second-order valence-corrected chi connectivity index (χ2v) is 8.23. The fourth-order valence-electron chi connectivity index (χ4n) is 3.22. The van der Waals surface area contributed by atoms with Crippen molar-refractivity contribution in [2.75, 3.05) is 27.3 Å². The van der Waals surface area contributed by atoms with Crippen LogP contribution in [0.5, 0.6) is 0 Å². The first kappa shape index (κ1) is 31.4. The van der Waals surface area contributed by atoms with Gasteiger partial charge in [0.2, 0.25) is 5.91 Å². The Labute approximate surface area is 204 Å². The summed E-state index contributed by atoms with van der Waals surface area (Å²) >= 11 is 0. The van der Waals surface area contributed by atoms with Crippen LogP contribution >= 0.6 is 0 Å². The maximum absolute atomic E-state index is 12.0. The Morgan fingerprint density at radius 1 is 0.765 bits per heavy atom. The van der Waals surface area contributed by atoms with Crippen molar-refractivity contribution >= 4 is 23.9 Å². The molecule has 0 aromatic rings. The predicted octanol–water partition coefficient (Wildman–Crippen LogP) is 3.76. The van der Waals surface area contributed by atoms with E-state index in [0.717, 1.165) is 77.2 Å². The first-order valence-electron chi connectivity index (χ1n) is 12.5. The number of urea groups is 1. The van der Waals surface area contributed by atoms with Gasteiger partial charge in [0.05, 0.1) is 20.6 Å². The van der Waals surface area contributed by atoms with Crippen LogP contribution in [0.3, 0.4) is 0 Å². The summed E-state index contributed by atoms with van der Waals surface area (Å²) in [4.78, 5) is 46.6. The number of allylic oxidation sites excluding steroid dienone is 2. The quantitative estimate of drug-likeness (QED) is 0.138. The van der Waals surface area contributed by atoms with Crippen molar-refractivity contribution in [2.45, 2.75) is 96.4 Å². The number of amides is 3. The average Bonchev–Trinajstić information content (AvgIpc) is 2.83. The molecule has 3 N–H and O–H groups in total. The third kappa shape index (κ3) is 18.9. The molecule has 0 rings (SSSR count). The molecule has 0 saturated heterocycles.